The van der Waals surface area contributed by atoms with Gasteiger partial charge in [0.1, 0.15) is 0 Å². The van der Waals surface area contributed by atoms with E-state index in [1.165, 1.54) is 12.2 Å². The summed E-state index contributed by atoms with van der Waals surface area (Å²) >= 11 is 0. The molecule has 0 aromatic carbocycles. The number of ether oxygens (including phenoxy) is 6. The summed E-state index contributed by atoms with van der Waals surface area (Å²) in [5.74, 6) is -0.804. The van der Waals surface area contributed by atoms with Crippen LogP contribution in [0.3, 0.4) is 0 Å². The van der Waals surface area contributed by atoms with Crippen LogP contribution in [-0.2, 0) is 38.0 Å². The van der Waals surface area contributed by atoms with Crippen molar-refractivity contribution in [3.63, 3.8) is 0 Å². The summed E-state index contributed by atoms with van der Waals surface area (Å²) < 4.78 is 34.6. The fraction of sp³-hybridized carbons (Fsp3) is 0.769. The Morgan fingerprint density at radius 3 is 1.47 bits per heavy atom. The summed E-state index contributed by atoms with van der Waals surface area (Å²) in [7, 11) is 0. The Kier molecular flexibility index (Phi) is 11.5. The van der Waals surface area contributed by atoms with Gasteiger partial charge in [-0.15, -0.1) is 0 Å². The number of carbonyl (C=O) groups is 2. The molecule has 0 amide bonds. The topological polar surface area (TPSA) is 89.5 Å². The van der Waals surface area contributed by atoms with Gasteiger partial charge in [-0.3, -0.25) is 0 Å². The summed E-state index contributed by atoms with van der Waals surface area (Å²) in [6.07, 6.45) is 12.6. The van der Waals surface area contributed by atoms with E-state index in [9.17, 15) is 9.59 Å². The summed E-state index contributed by atoms with van der Waals surface area (Å²) in [5.41, 5.74) is 0. The number of esters is 2. The Balaban J connectivity index is 1.63. The molecule has 0 saturated carbocycles. The molecule has 8 heteroatoms. The molecule has 0 aliphatic carbocycles. The number of carbonyl (C=O) groups excluding carboxylic acids is 2. The minimum absolute atomic E-state index is 0.283. The van der Waals surface area contributed by atoms with Crippen LogP contribution in [0.4, 0.5) is 0 Å². The van der Waals surface area contributed by atoms with Gasteiger partial charge in [-0.25, -0.2) is 9.59 Å². The van der Waals surface area contributed by atoms with Crippen LogP contribution in [-0.4, -0.2) is 62.1 Å². The van der Waals surface area contributed by atoms with Crippen molar-refractivity contribution in [2.75, 3.05) is 13.2 Å². The van der Waals surface area contributed by atoms with Crippen molar-refractivity contribution >= 4 is 11.9 Å². The fourth-order valence-electron chi connectivity index (χ4n) is 4.21. The molecule has 3 heterocycles. The van der Waals surface area contributed by atoms with Gasteiger partial charge in [0, 0.05) is 25.4 Å². The molecule has 192 valence electrons. The summed E-state index contributed by atoms with van der Waals surface area (Å²) in [5, 5.41) is 0. The molecular weight excluding hydrogens is 440 g/mol. The largest absolute Gasteiger partial charge is 0.460 e. The van der Waals surface area contributed by atoms with Gasteiger partial charge in [-0.1, -0.05) is 0 Å². The summed E-state index contributed by atoms with van der Waals surface area (Å²) in [4.78, 5) is 24.8. The van der Waals surface area contributed by atoms with E-state index in [0.717, 1.165) is 38.5 Å². The van der Waals surface area contributed by atoms with Gasteiger partial charge in [0.05, 0.1) is 24.4 Å². The maximum atomic E-state index is 12.4. The van der Waals surface area contributed by atoms with E-state index in [0.29, 0.717) is 38.9 Å². The van der Waals surface area contributed by atoms with Crippen LogP contribution >= 0.6 is 0 Å². The molecule has 0 bridgehead atoms. The Labute approximate surface area is 202 Å². The molecule has 3 aliphatic heterocycles. The molecule has 2 fully saturated rings. The van der Waals surface area contributed by atoms with E-state index >= 15 is 0 Å². The standard InChI is InChI=1S/C26H40O8/c1-19-9-11-21(33-25-7-3-5-17-29-25)14-16-24(28)32-20(2)10-12-22(13-15-23(27)31-19)34-26-8-4-6-18-30-26/h13-16,19-22,25-26H,3-12,17-18H2,1-2H3/t19-,20-,21+,22+,25?,26?/m1/s1. The van der Waals surface area contributed by atoms with Gasteiger partial charge in [0.15, 0.2) is 12.6 Å². The molecule has 0 aromatic heterocycles. The molecule has 34 heavy (non-hydrogen) atoms. The summed E-state index contributed by atoms with van der Waals surface area (Å²) in [6, 6.07) is 0. The Morgan fingerprint density at radius 1 is 0.647 bits per heavy atom. The van der Waals surface area contributed by atoms with Crippen LogP contribution in [0, 0.1) is 0 Å². The lowest BCUT2D eigenvalue weighted by atomic mass is 10.1. The van der Waals surface area contributed by atoms with Gasteiger partial charge in [0.25, 0.3) is 0 Å². The smallest absolute Gasteiger partial charge is 0.330 e. The highest BCUT2D eigenvalue weighted by Crippen LogP contribution is 2.21. The zero-order chi connectivity index (χ0) is 24.2. The van der Waals surface area contributed by atoms with E-state index in [1.807, 2.05) is 13.8 Å². The van der Waals surface area contributed by atoms with Crippen LogP contribution in [0.1, 0.15) is 78.1 Å². The monoisotopic (exact) mass is 480 g/mol. The molecule has 2 unspecified atom stereocenters. The van der Waals surface area contributed by atoms with Gasteiger partial charge in [0.2, 0.25) is 0 Å². The van der Waals surface area contributed by atoms with E-state index in [-0.39, 0.29) is 37.0 Å². The predicted octanol–water partition coefficient (Wildman–Crippen LogP) is 4.36. The molecule has 3 rings (SSSR count). The quantitative estimate of drug-likeness (QED) is 0.549. The molecule has 2 saturated heterocycles. The first kappa shape index (κ1) is 26.9. The molecular formula is C26H40O8. The first-order valence-electron chi connectivity index (χ1n) is 12.8. The molecule has 0 aromatic rings. The van der Waals surface area contributed by atoms with Crippen molar-refractivity contribution in [3.8, 4) is 0 Å². The maximum Gasteiger partial charge on any atom is 0.330 e. The number of rotatable bonds is 4. The Morgan fingerprint density at radius 2 is 1.09 bits per heavy atom. The van der Waals surface area contributed by atoms with E-state index in [1.54, 1.807) is 12.2 Å². The molecule has 6 atom stereocenters. The van der Waals surface area contributed by atoms with Gasteiger partial charge in [-0.05, 0) is 90.2 Å². The maximum absolute atomic E-state index is 12.4. The van der Waals surface area contributed by atoms with E-state index in [2.05, 4.69) is 0 Å². The third-order valence-corrected chi connectivity index (χ3v) is 6.17. The first-order valence-corrected chi connectivity index (χ1v) is 12.8. The minimum atomic E-state index is -0.402. The zero-order valence-corrected chi connectivity index (χ0v) is 20.5. The second-order valence-corrected chi connectivity index (χ2v) is 9.31. The lowest BCUT2D eigenvalue weighted by molar-refractivity contribution is -0.181. The van der Waals surface area contributed by atoms with Crippen LogP contribution in [0.15, 0.2) is 24.3 Å². The van der Waals surface area contributed by atoms with Gasteiger partial charge < -0.3 is 28.4 Å². The summed E-state index contributed by atoms with van der Waals surface area (Å²) in [6.45, 7) is 5.07. The number of hydrogen-bond donors (Lipinski definition) is 0. The highest BCUT2D eigenvalue weighted by Gasteiger charge is 2.22. The average molecular weight is 481 g/mol. The normalized spacial score (nSPS) is 34.9. The highest BCUT2D eigenvalue weighted by atomic mass is 16.7. The minimum Gasteiger partial charge on any atom is -0.460 e. The van der Waals surface area contributed by atoms with Crippen molar-refractivity contribution in [2.45, 2.75) is 115 Å². The SMILES string of the molecule is C[C@@H]1CC[C@H](OC2CCCCO2)C=CC(=O)O[C@H](C)CC[C@H](OC2CCCCO2)C=CC(=O)O1. The van der Waals surface area contributed by atoms with Crippen molar-refractivity contribution in [3.05, 3.63) is 24.3 Å². The van der Waals surface area contributed by atoms with Crippen LogP contribution < -0.4 is 0 Å². The van der Waals surface area contributed by atoms with Crippen molar-refractivity contribution in [1.29, 1.82) is 0 Å². The third-order valence-electron chi connectivity index (χ3n) is 6.17. The molecule has 0 radical (unpaired) electrons. The zero-order valence-electron chi connectivity index (χ0n) is 20.5. The van der Waals surface area contributed by atoms with E-state index in [4.69, 9.17) is 28.4 Å². The third kappa shape index (κ3) is 10.3. The van der Waals surface area contributed by atoms with Crippen molar-refractivity contribution in [2.24, 2.45) is 0 Å². The lowest BCUT2D eigenvalue weighted by Crippen LogP contribution is -2.29. The molecule has 0 spiro atoms. The molecule has 0 N–H and O–H groups in total. The van der Waals surface area contributed by atoms with Crippen molar-refractivity contribution < 1.29 is 38.0 Å². The fourth-order valence-corrected chi connectivity index (χ4v) is 4.21. The number of cyclic esters (lactones) is 2. The predicted molar refractivity (Wildman–Crippen MR) is 125 cm³/mol. The van der Waals surface area contributed by atoms with Crippen LogP contribution in [0.5, 0.6) is 0 Å². The first-order chi connectivity index (χ1) is 16.5. The second kappa shape index (κ2) is 14.6. The Bertz CT molecular complexity index is 620. The van der Waals surface area contributed by atoms with Crippen LogP contribution in [0.2, 0.25) is 0 Å². The lowest BCUT2D eigenvalue weighted by Gasteiger charge is -2.27. The van der Waals surface area contributed by atoms with E-state index < -0.39 is 11.9 Å². The van der Waals surface area contributed by atoms with Crippen molar-refractivity contribution in [1.82, 2.24) is 0 Å². The number of hydrogen-bond acceptors (Lipinski definition) is 8. The van der Waals surface area contributed by atoms with Gasteiger partial charge in [-0.2, -0.15) is 0 Å². The Hall–Kier alpha value is -1.74. The highest BCUT2D eigenvalue weighted by molar-refractivity contribution is 5.82. The molecule has 3 aliphatic rings. The van der Waals surface area contributed by atoms with Gasteiger partial charge >= 0.3 is 11.9 Å². The van der Waals surface area contributed by atoms with Crippen LogP contribution in [0.25, 0.3) is 0 Å². The molecule has 8 nitrogen and oxygen atoms in total. The second-order valence-electron chi connectivity index (χ2n) is 9.31. The average Bonchev–Trinajstić information content (AvgIpc) is 2.83.